The number of anilines is 1. The van der Waals surface area contributed by atoms with Gasteiger partial charge in [-0.25, -0.2) is 0 Å². The summed E-state index contributed by atoms with van der Waals surface area (Å²) in [4.78, 5) is 33.3. The number of hydrogen-bond donors (Lipinski definition) is 3. The van der Waals surface area contributed by atoms with Crippen molar-refractivity contribution in [2.45, 2.75) is 38.6 Å². The molecule has 1 aromatic carbocycles. The minimum atomic E-state index is -1.12. The molecule has 0 fully saturated rings. The lowest BCUT2D eigenvalue weighted by Crippen LogP contribution is -2.40. The summed E-state index contributed by atoms with van der Waals surface area (Å²) in [5.74, 6) is -1.68. The second-order valence-electron chi connectivity index (χ2n) is 5.23. The lowest BCUT2D eigenvalue weighted by molar-refractivity contribution is -0.384. The van der Waals surface area contributed by atoms with E-state index in [2.05, 4.69) is 10.6 Å². The van der Waals surface area contributed by atoms with Crippen LogP contribution in [0.3, 0.4) is 0 Å². The Morgan fingerprint density at radius 3 is 2.67 bits per heavy atom. The van der Waals surface area contributed by atoms with Gasteiger partial charge in [0.1, 0.15) is 11.1 Å². The summed E-state index contributed by atoms with van der Waals surface area (Å²) in [5.41, 5.74) is -0.145. The fourth-order valence-electron chi connectivity index (χ4n) is 2.03. The minimum Gasteiger partial charge on any atom is -0.480 e. The highest BCUT2D eigenvalue weighted by molar-refractivity contribution is 6.32. The summed E-state index contributed by atoms with van der Waals surface area (Å²) in [5, 5.41) is 25.2. The number of nitrogens with one attached hydrogen (secondary N) is 2. The maximum absolute atomic E-state index is 12.0. The third-order valence-electron chi connectivity index (χ3n) is 3.29. The van der Waals surface area contributed by atoms with Crippen LogP contribution in [-0.2, 0) is 9.59 Å². The van der Waals surface area contributed by atoms with Gasteiger partial charge in [-0.3, -0.25) is 19.7 Å². The molecule has 3 N–H and O–H groups in total. The predicted octanol–water partition coefficient (Wildman–Crippen LogP) is 2.81. The number of amides is 1. The van der Waals surface area contributed by atoms with Gasteiger partial charge >= 0.3 is 5.97 Å². The van der Waals surface area contributed by atoms with Crippen LogP contribution in [0.15, 0.2) is 18.2 Å². The molecule has 0 radical (unpaired) electrons. The first-order valence-corrected chi connectivity index (χ1v) is 7.93. The van der Waals surface area contributed by atoms with Gasteiger partial charge in [-0.2, -0.15) is 0 Å². The molecule has 0 aliphatic heterocycles. The molecule has 1 atom stereocenters. The number of unbranched alkanes of at least 4 members (excludes halogenated alkanes) is 2. The van der Waals surface area contributed by atoms with Crippen LogP contribution in [-0.4, -0.2) is 34.5 Å². The van der Waals surface area contributed by atoms with E-state index >= 15 is 0 Å². The fourth-order valence-corrected chi connectivity index (χ4v) is 2.21. The Kier molecular flexibility index (Phi) is 8.14. The predicted molar refractivity (Wildman–Crippen MR) is 90.3 cm³/mol. The van der Waals surface area contributed by atoms with E-state index in [9.17, 15) is 19.7 Å². The average molecular weight is 358 g/mol. The lowest BCUT2D eigenvalue weighted by Gasteiger charge is -2.14. The number of carboxylic acids is 1. The molecule has 1 aromatic rings. The molecular formula is C15H20ClN3O5. The van der Waals surface area contributed by atoms with Gasteiger partial charge in [0.15, 0.2) is 0 Å². The Balaban J connectivity index is 2.64. The molecule has 1 unspecified atom stereocenters. The highest BCUT2D eigenvalue weighted by Gasteiger charge is 2.21. The number of benzene rings is 1. The molecule has 0 aliphatic rings. The van der Waals surface area contributed by atoms with Crippen molar-refractivity contribution in [2.24, 2.45) is 0 Å². The Morgan fingerprint density at radius 1 is 1.38 bits per heavy atom. The normalized spacial score (nSPS) is 11.8. The Labute approximate surface area is 144 Å². The van der Waals surface area contributed by atoms with E-state index in [4.69, 9.17) is 16.7 Å². The summed E-state index contributed by atoms with van der Waals surface area (Å²) >= 11 is 5.69. The molecule has 1 rings (SSSR count). The first kappa shape index (κ1) is 19.9. The Bertz CT molecular complexity index is 609. The van der Waals surface area contributed by atoms with Crippen molar-refractivity contribution in [1.82, 2.24) is 5.32 Å². The first-order chi connectivity index (χ1) is 11.3. The zero-order valence-corrected chi connectivity index (χ0v) is 14.0. The Morgan fingerprint density at radius 2 is 2.08 bits per heavy atom. The third kappa shape index (κ3) is 6.51. The average Bonchev–Trinajstić information content (AvgIpc) is 2.51. The number of carbonyl (C=O) groups is 2. The molecule has 24 heavy (non-hydrogen) atoms. The molecule has 132 valence electrons. The monoisotopic (exact) mass is 357 g/mol. The van der Waals surface area contributed by atoms with Gasteiger partial charge in [-0.05, 0) is 25.1 Å². The molecule has 0 bridgehead atoms. The van der Waals surface area contributed by atoms with Crippen molar-refractivity contribution in [3.05, 3.63) is 33.3 Å². The zero-order valence-electron chi connectivity index (χ0n) is 13.3. The fraction of sp³-hybridized carbons (Fsp3) is 0.467. The second kappa shape index (κ2) is 9.84. The van der Waals surface area contributed by atoms with Crippen LogP contribution in [0.2, 0.25) is 5.02 Å². The van der Waals surface area contributed by atoms with Crippen LogP contribution in [0.25, 0.3) is 0 Å². The maximum atomic E-state index is 12.0. The van der Waals surface area contributed by atoms with Crippen LogP contribution in [0, 0.1) is 10.1 Å². The van der Waals surface area contributed by atoms with E-state index in [0.717, 1.165) is 25.3 Å². The molecule has 8 nitrogen and oxygen atoms in total. The smallest absolute Gasteiger partial charge is 0.321 e. The van der Waals surface area contributed by atoms with Gasteiger partial charge < -0.3 is 15.7 Å². The first-order valence-electron chi connectivity index (χ1n) is 7.55. The van der Waals surface area contributed by atoms with E-state index in [1.54, 1.807) is 0 Å². The topological polar surface area (TPSA) is 122 Å². The number of nitrogens with zero attached hydrogens (tertiary/aromatic N) is 1. The molecule has 9 heteroatoms. The van der Waals surface area contributed by atoms with Crippen LogP contribution >= 0.6 is 11.6 Å². The van der Waals surface area contributed by atoms with Crippen molar-refractivity contribution in [2.75, 3.05) is 11.9 Å². The minimum absolute atomic E-state index is 0.0426. The number of carboxylic acid groups (broad SMARTS) is 1. The Hall–Kier alpha value is -2.19. The van der Waals surface area contributed by atoms with Crippen molar-refractivity contribution in [3.8, 4) is 0 Å². The zero-order chi connectivity index (χ0) is 18.1. The SMILES string of the molecule is CCCCCNC(CC(=O)Nc1ccc(Cl)c([N+](=O)[O-])c1)C(=O)O. The quantitative estimate of drug-likeness (QED) is 0.336. The summed E-state index contributed by atoms with van der Waals surface area (Å²) in [6.45, 7) is 2.54. The van der Waals surface area contributed by atoms with Crippen molar-refractivity contribution in [1.29, 1.82) is 0 Å². The molecule has 0 aromatic heterocycles. The molecule has 0 heterocycles. The van der Waals surface area contributed by atoms with Gasteiger partial charge in [0.25, 0.3) is 5.69 Å². The van der Waals surface area contributed by atoms with Crippen molar-refractivity contribution < 1.29 is 19.6 Å². The van der Waals surface area contributed by atoms with Crippen molar-refractivity contribution in [3.63, 3.8) is 0 Å². The number of nitro benzene ring substituents is 1. The van der Waals surface area contributed by atoms with Crippen molar-refractivity contribution >= 4 is 34.9 Å². The van der Waals surface area contributed by atoms with Gasteiger partial charge in [-0.1, -0.05) is 31.4 Å². The molecule has 0 saturated heterocycles. The van der Waals surface area contributed by atoms with E-state index in [0.29, 0.717) is 6.54 Å². The highest BCUT2D eigenvalue weighted by Crippen LogP contribution is 2.27. The largest absolute Gasteiger partial charge is 0.480 e. The number of hydrogen-bond acceptors (Lipinski definition) is 5. The van der Waals surface area contributed by atoms with Crippen LogP contribution < -0.4 is 10.6 Å². The maximum Gasteiger partial charge on any atom is 0.321 e. The summed E-state index contributed by atoms with van der Waals surface area (Å²) in [6, 6.07) is 2.83. The van der Waals surface area contributed by atoms with Gasteiger partial charge in [0.05, 0.1) is 11.3 Å². The molecule has 0 saturated carbocycles. The number of halogens is 1. The van der Waals surface area contributed by atoms with Crippen LogP contribution in [0.5, 0.6) is 0 Å². The summed E-state index contributed by atoms with van der Waals surface area (Å²) < 4.78 is 0. The second-order valence-corrected chi connectivity index (χ2v) is 5.63. The standard InChI is InChI=1S/C15H20ClN3O5/c1-2-3-4-7-17-12(15(21)22)9-14(20)18-10-5-6-11(16)13(8-10)19(23)24/h5-6,8,12,17H,2-4,7,9H2,1H3,(H,18,20)(H,21,22). The van der Waals surface area contributed by atoms with E-state index in [1.807, 2.05) is 6.92 Å². The third-order valence-corrected chi connectivity index (χ3v) is 3.60. The van der Waals surface area contributed by atoms with E-state index < -0.39 is 22.8 Å². The van der Waals surface area contributed by atoms with Gasteiger partial charge in [0.2, 0.25) is 5.91 Å². The van der Waals surface area contributed by atoms with Gasteiger partial charge in [-0.15, -0.1) is 0 Å². The number of rotatable bonds is 10. The number of carbonyl (C=O) groups excluding carboxylic acids is 1. The molecule has 0 spiro atoms. The van der Waals surface area contributed by atoms with E-state index in [-0.39, 0.29) is 22.8 Å². The van der Waals surface area contributed by atoms with E-state index in [1.165, 1.54) is 12.1 Å². The highest BCUT2D eigenvalue weighted by atomic mass is 35.5. The summed E-state index contributed by atoms with van der Waals surface area (Å²) in [6.07, 6.45) is 2.53. The van der Waals surface area contributed by atoms with Crippen LogP contribution in [0.4, 0.5) is 11.4 Å². The number of aliphatic carboxylic acids is 1. The molecular weight excluding hydrogens is 338 g/mol. The van der Waals surface area contributed by atoms with Gasteiger partial charge in [0, 0.05) is 11.8 Å². The number of nitro groups is 1. The molecule has 0 aliphatic carbocycles. The lowest BCUT2D eigenvalue weighted by atomic mass is 10.1. The molecule has 1 amide bonds. The van der Waals surface area contributed by atoms with Crippen LogP contribution in [0.1, 0.15) is 32.6 Å². The summed E-state index contributed by atoms with van der Waals surface area (Å²) in [7, 11) is 0.